The highest BCUT2D eigenvalue weighted by atomic mass is 16.4. The van der Waals surface area contributed by atoms with Gasteiger partial charge in [-0.2, -0.15) is 0 Å². The zero-order valence-corrected chi connectivity index (χ0v) is 11.7. The Morgan fingerprint density at radius 2 is 1.33 bits per heavy atom. The van der Waals surface area contributed by atoms with Crippen molar-refractivity contribution in [2.75, 3.05) is 6.61 Å². The summed E-state index contributed by atoms with van der Waals surface area (Å²) in [5.41, 5.74) is 0. The molecule has 0 fully saturated rings. The predicted molar refractivity (Wildman–Crippen MR) is 67.4 cm³/mol. The highest BCUT2D eigenvalue weighted by Gasteiger charge is 2.33. The standard InChI is InChI=1S/C6H10O7.2C3H6O/c7-1-2(8)3(9)4(10)5(11)6(12)13;2*1-3(2)4/h2-4,7-10H,1H2,(H,12,13);2*4H,1H2,2H3/p-2/t2-,3-,4+;;/m1../s1. The summed E-state index contributed by atoms with van der Waals surface area (Å²) >= 11 is 0. The number of allylic oxidation sites excluding steroid dienone is 2. The Labute approximate surface area is 121 Å². The minimum absolute atomic E-state index is 0.0833. The van der Waals surface area contributed by atoms with Gasteiger partial charge in [-0.3, -0.25) is 4.79 Å². The van der Waals surface area contributed by atoms with Crippen LogP contribution in [0.5, 0.6) is 0 Å². The quantitative estimate of drug-likeness (QED) is 0.254. The van der Waals surface area contributed by atoms with Crippen molar-refractivity contribution in [2.45, 2.75) is 32.2 Å². The number of hydrogen-bond donors (Lipinski definition) is 5. The van der Waals surface area contributed by atoms with E-state index >= 15 is 0 Å². The average Bonchev–Trinajstić information content (AvgIpc) is 2.33. The third-order valence-electron chi connectivity index (χ3n) is 1.38. The second-order valence-electron chi connectivity index (χ2n) is 3.76. The van der Waals surface area contributed by atoms with Gasteiger partial charge in [-0.05, 0) is 0 Å². The molecular formula is C12H20O9-2. The summed E-state index contributed by atoms with van der Waals surface area (Å²) in [5.74, 6) is -3.73. The molecular weight excluding hydrogens is 288 g/mol. The van der Waals surface area contributed by atoms with Gasteiger partial charge in [0, 0.05) is 0 Å². The van der Waals surface area contributed by atoms with Crippen LogP contribution in [0.3, 0.4) is 0 Å². The Hall–Kier alpha value is -1.94. The summed E-state index contributed by atoms with van der Waals surface area (Å²) in [7, 11) is 0. The van der Waals surface area contributed by atoms with Gasteiger partial charge >= 0.3 is 5.97 Å². The lowest BCUT2D eigenvalue weighted by atomic mass is 10.1. The van der Waals surface area contributed by atoms with Gasteiger partial charge in [-0.15, -0.1) is 24.7 Å². The van der Waals surface area contributed by atoms with Crippen molar-refractivity contribution in [3.8, 4) is 0 Å². The molecule has 21 heavy (non-hydrogen) atoms. The molecule has 0 bridgehead atoms. The Kier molecular flexibility index (Phi) is 15.0. The number of Topliss-reactive ketones (excluding diaryl/α,β-unsaturated/α-hetero) is 1. The molecule has 0 amide bonds. The van der Waals surface area contributed by atoms with E-state index in [1.54, 1.807) is 0 Å². The van der Waals surface area contributed by atoms with Crippen LogP contribution >= 0.6 is 0 Å². The van der Waals surface area contributed by atoms with Crippen LogP contribution in [0.1, 0.15) is 13.8 Å². The molecule has 0 heterocycles. The number of carbonyl (C=O) groups is 2. The van der Waals surface area contributed by atoms with Gasteiger partial charge < -0.3 is 35.7 Å². The van der Waals surface area contributed by atoms with Gasteiger partial charge in [0.1, 0.15) is 12.2 Å². The van der Waals surface area contributed by atoms with Gasteiger partial charge in [0.25, 0.3) is 5.78 Å². The smallest absolute Gasteiger partial charge is 0.375 e. The van der Waals surface area contributed by atoms with Crippen molar-refractivity contribution >= 4 is 11.8 Å². The number of aliphatic hydroxyl groups is 4. The number of aliphatic hydroxyl groups excluding tert-OH is 4. The van der Waals surface area contributed by atoms with Gasteiger partial charge in [-0.1, -0.05) is 13.8 Å². The molecule has 0 aromatic heterocycles. The maximum atomic E-state index is 10.5. The molecule has 0 saturated heterocycles. The average molecular weight is 308 g/mol. The predicted octanol–water partition coefficient (Wildman–Crippen LogP) is -3.52. The van der Waals surface area contributed by atoms with Crippen LogP contribution in [-0.2, 0) is 9.59 Å². The highest BCUT2D eigenvalue weighted by molar-refractivity contribution is 6.34. The van der Waals surface area contributed by atoms with E-state index < -0.39 is 36.7 Å². The Bertz CT molecular complexity index is 331. The molecule has 0 aromatic carbocycles. The van der Waals surface area contributed by atoms with E-state index in [-0.39, 0.29) is 11.5 Å². The van der Waals surface area contributed by atoms with Crippen LogP contribution in [0.15, 0.2) is 24.7 Å². The number of carboxylic acid groups (broad SMARTS) is 1. The molecule has 0 aliphatic rings. The zero-order valence-electron chi connectivity index (χ0n) is 11.7. The fourth-order valence-electron chi connectivity index (χ4n) is 0.600. The van der Waals surface area contributed by atoms with Gasteiger partial charge in [0.15, 0.2) is 6.10 Å². The third kappa shape index (κ3) is 18.1. The van der Waals surface area contributed by atoms with Crippen molar-refractivity contribution in [1.29, 1.82) is 0 Å². The van der Waals surface area contributed by atoms with Crippen molar-refractivity contribution in [2.24, 2.45) is 0 Å². The lowest BCUT2D eigenvalue weighted by Gasteiger charge is -2.18. The fourth-order valence-corrected chi connectivity index (χ4v) is 0.600. The van der Waals surface area contributed by atoms with E-state index in [0.717, 1.165) is 0 Å². The summed E-state index contributed by atoms with van der Waals surface area (Å²) < 4.78 is 0. The van der Waals surface area contributed by atoms with E-state index in [2.05, 4.69) is 13.2 Å². The van der Waals surface area contributed by atoms with E-state index in [1.165, 1.54) is 13.8 Å². The summed E-state index contributed by atoms with van der Waals surface area (Å²) in [5, 5.41) is 61.4. The normalized spacial score (nSPS) is 13.2. The minimum Gasteiger partial charge on any atom is -0.876 e. The largest absolute Gasteiger partial charge is 0.876 e. The van der Waals surface area contributed by atoms with Crippen molar-refractivity contribution in [3.05, 3.63) is 24.7 Å². The molecule has 0 aliphatic carbocycles. The number of aliphatic carboxylic acids is 1. The van der Waals surface area contributed by atoms with Crippen molar-refractivity contribution in [3.63, 3.8) is 0 Å². The molecule has 0 aromatic rings. The molecule has 0 rings (SSSR count). The van der Waals surface area contributed by atoms with E-state index in [1.807, 2.05) is 0 Å². The number of rotatable bonds is 5. The van der Waals surface area contributed by atoms with Crippen LogP contribution in [-0.4, -0.2) is 62.2 Å². The maximum Gasteiger partial charge on any atom is 0.375 e. The van der Waals surface area contributed by atoms with Crippen LogP contribution in [0, 0.1) is 0 Å². The number of carboxylic acids is 1. The maximum absolute atomic E-state index is 10.5. The summed E-state index contributed by atoms with van der Waals surface area (Å²) in [6, 6.07) is 0. The molecule has 0 unspecified atom stereocenters. The number of ketones is 1. The lowest BCUT2D eigenvalue weighted by Crippen LogP contribution is -2.46. The van der Waals surface area contributed by atoms with Gasteiger partial charge in [0.2, 0.25) is 0 Å². The first-order valence-corrected chi connectivity index (χ1v) is 5.45. The molecule has 5 N–H and O–H groups in total. The summed E-state index contributed by atoms with van der Waals surface area (Å²) in [6.45, 7) is 7.95. The first-order valence-electron chi connectivity index (χ1n) is 5.45. The lowest BCUT2D eigenvalue weighted by molar-refractivity contribution is -0.301. The van der Waals surface area contributed by atoms with E-state index in [4.69, 9.17) is 25.5 Å². The minimum atomic E-state index is -2.24. The van der Waals surface area contributed by atoms with Crippen LogP contribution < -0.4 is 10.2 Å². The molecule has 3 atom stereocenters. The molecule has 0 spiro atoms. The molecule has 9 heteroatoms. The zero-order chi connectivity index (χ0) is 17.7. The van der Waals surface area contributed by atoms with E-state index in [9.17, 15) is 19.8 Å². The van der Waals surface area contributed by atoms with Crippen LogP contribution in [0.25, 0.3) is 0 Å². The second-order valence-corrected chi connectivity index (χ2v) is 3.76. The monoisotopic (exact) mass is 308 g/mol. The first kappa shape index (κ1) is 24.1. The van der Waals surface area contributed by atoms with Crippen LogP contribution in [0.2, 0.25) is 0 Å². The molecule has 0 saturated carbocycles. The SMILES string of the molecule is C=C(C)[O-].C=C(C)[O-].O=C(O)C(=O)[C@@H](O)[C@H](O)[C@H](O)CO. The molecule has 0 radical (unpaired) electrons. The Balaban J connectivity index is -0.000000334. The van der Waals surface area contributed by atoms with Gasteiger partial charge in [-0.25, -0.2) is 4.79 Å². The van der Waals surface area contributed by atoms with Crippen molar-refractivity contribution in [1.82, 2.24) is 0 Å². The summed E-state index contributed by atoms with van der Waals surface area (Å²) in [6.07, 6.45) is -5.99. The van der Waals surface area contributed by atoms with Crippen LogP contribution in [0.4, 0.5) is 0 Å². The summed E-state index contributed by atoms with van der Waals surface area (Å²) in [4.78, 5) is 20.5. The van der Waals surface area contributed by atoms with Gasteiger partial charge in [0.05, 0.1) is 6.61 Å². The number of carbonyl (C=O) groups excluding carboxylic acids is 1. The van der Waals surface area contributed by atoms with E-state index in [0.29, 0.717) is 0 Å². The first-order chi connectivity index (χ1) is 9.38. The fraction of sp³-hybridized carbons (Fsp3) is 0.500. The van der Waals surface area contributed by atoms with Crippen molar-refractivity contribution < 1.29 is 45.3 Å². The Morgan fingerprint density at radius 1 is 1.05 bits per heavy atom. The second kappa shape index (κ2) is 13.1. The number of hydrogen-bond acceptors (Lipinski definition) is 8. The molecule has 124 valence electrons. The highest BCUT2D eigenvalue weighted by Crippen LogP contribution is 2.01. The topological polar surface area (TPSA) is 181 Å². The third-order valence-corrected chi connectivity index (χ3v) is 1.38. The molecule has 0 aliphatic heterocycles. The Morgan fingerprint density at radius 3 is 1.52 bits per heavy atom. The molecule has 9 nitrogen and oxygen atoms in total.